The number of halogens is 1. The molecule has 102 valence electrons. The van der Waals surface area contributed by atoms with Crippen LogP contribution in [0.25, 0.3) is 11.0 Å². The van der Waals surface area contributed by atoms with E-state index < -0.39 is 0 Å². The van der Waals surface area contributed by atoms with Crippen molar-refractivity contribution >= 4 is 11.0 Å². The van der Waals surface area contributed by atoms with Crippen LogP contribution in [0.15, 0.2) is 16.7 Å². The number of nitrogens with zero attached hydrogens (tertiary/aromatic N) is 2. The summed E-state index contributed by atoms with van der Waals surface area (Å²) in [5, 5.41) is 5.17. The summed E-state index contributed by atoms with van der Waals surface area (Å²) in [6.45, 7) is 7.30. The molecule has 1 saturated heterocycles. The lowest BCUT2D eigenvalue weighted by molar-refractivity contribution is 0.219. The van der Waals surface area contributed by atoms with E-state index in [9.17, 15) is 4.39 Å². The fraction of sp³-hybridized carbons (Fsp3) is 0.533. The number of hydrogen-bond donors (Lipinski definition) is 0. The zero-order chi connectivity index (χ0) is 13.4. The van der Waals surface area contributed by atoms with Gasteiger partial charge in [-0.1, -0.05) is 12.1 Å². The molecule has 2 aromatic rings. The normalized spacial score (nSPS) is 18.3. The fourth-order valence-electron chi connectivity index (χ4n) is 2.90. The van der Waals surface area contributed by atoms with Crippen molar-refractivity contribution in [1.29, 1.82) is 0 Å². The molecule has 1 aromatic heterocycles. The van der Waals surface area contributed by atoms with E-state index in [1.54, 1.807) is 6.92 Å². The highest BCUT2D eigenvalue weighted by Crippen LogP contribution is 2.33. The summed E-state index contributed by atoms with van der Waals surface area (Å²) >= 11 is 0. The maximum absolute atomic E-state index is 13.5. The number of hydrogen-bond acceptors (Lipinski definition) is 3. The Morgan fingerprint density at radius 3 is 2.79 bits per heavy atom. The van der Waals surface area contributed by atoms with Gasteiger partial charge < -0.3 is 9.42 Å². The summed E-state index contributed by atoms with van der Waals surface area (Å²) < 4.78 is 18.8. The molecule has 0 saturated carbocycles. The molecule has 0 radical (unpaired) electrons. The van der Waals surface area contributed by atoms with Gasteiger partial charge in [-0.2, -0.15) is 0 Å². The van der Waals surface area contributed by atoms with Gasteiger partial charge in [0.15, 0.2) is 5.58 Å². The Labute approximate surface area is 112 Å². The summed E-state index contributed by atoms with van der Waals surface area (Å²) in [5.41, 5.74) is 2.23. The molecule has 0 spiro atoms. The first kappa shape index (κ1) is 12.6. The Hall–Kier alpha value is -1.42. The van der Waals surface area contributed by atoms with Gasteiger partial charge in [-0.25, -0.2) is 4.39 Å². The molecule has 0 bridgehead atoms. The van der Waals surface area contributed by atoms with Crippen LogP contribution < -0.4 is 0 Å². The van der Waals surface area contributed by atoms with Crippen LogP contribution in [0.3, 0.4) is 0 Å². The van der Waals surface area contributed by atoms with E-state index in [1.165, 1.54) is 6.07 Å². The number of fused-ring (bicyclic) bond motifs is 1. The molecule has 0 atom stereocenters. The van der Waals surface area contributed by atoms with Crippen molar-refractivity contribution in [3.05, 3.63) is 29.2 Å². The maximum atomic E-state index is 13.5. The highest BCUT2D eigenvalue weighted by atomic mass is 19.1. The van der Waals surface area contributed by atoms with E-state index in [0.717, 1.165) is 43.6 Å². The number of rotatable bonds is 2. The standard InChI is InChI=1S/C15H19FN2O/c1-3-18-6-4-11(5-7-18)15-12-8-10(2)13(16)9-14(12)19-17-15/h8-9,11H,3-7H2,1-2H3. The number of piperidine rings is 1. The Bertz CT molecular complexity index is 585. The van der Waals surface area contributed by atoms with Crippen LogP contribution >= 0.6 is 0 Å². The van der Waals surface area contributed by atoms with Crippen LogP contribution in [0.4, 0.5) is 4.39 Å². The van der Waals surface area contributed by atoms with Gasteiger partial charge in [-0.05, 0) is 51.0 Å². The van der Waals surface area contributed by atoms with Gasteiger partial charge in [-0.3, -0.25) is 0 Å². The molecule has 19 heavy (non-hydrogen) atoms. The van der Waals surface area contributed by atoms with Crippen LogP contribution in [-0.2, 0) is 0 Å². The minimum absolute atomic E-state index is 0.226. The summed E-state index contributed by atoms with van der Waals surface area (Å²) in [6, 6.07) is 3.31. The zero-order valence-corrected chi connectivity index (χ0v) is 11.4. The third-order valence-electron chi connectivity index (χ3n) is 4.20. The summed E-state index contributed by atoms with van der Waals surface area (Å²) in [7, 11) is 0. The molecule has 0 amide bonds. The molecule has 4 heteroatoms. The zero-order valence-electron chi connectivity index (χ0n) is 11.4. The number of aromatic nitrogens is 1. The second-order valence-electron chi connectivity index (χ2n) is 5.37. The Morgan fingerprint density at radius 1 is 1.37 bits per heavy atom. The first-order valence-corrected chi connectivity index (χ1v) is 6.96. The minimum Gasteiger partial charge on any atom is -0.356 e. The second kappa shape index (κ2) is 4.93. The quantitative estimate of drug-likeness (QED) is 0.829. The van der Waals surface area contributed by atoms with Gasteiger partial charge in [0, 0.05) is 17.4 Å². The fourth-order valence-corrected chi connectivity index (χ4v) is 2.90. The lowest BCUT2D eigenvalue weighted by Gasteiger charge is -2.30. The van der Waals surface area contributed by atoms with Gasteiger partial charge in [0.25, 0.3) is 0 Å². The van der Waals surface area contributed by atoms with Crippen molar-refractivity contribution in [1.82, 2.24) is 10.1 Å². The van der Waals surface area contributed by atoms with Gasteiger partial charge in [-0.15, -0.1) is 0 Å². The Morgan fingerprint density at radius 2 is 2.11 bits per heavy atom. The maximum Gasteiger partial charge on any atom is 0.170 e. The van der Waals surface area contributed by atoms with Crippen molar-refractivity contribution in [2.45, 2.75) is 32.6 Å². The smallest absolute Gasteiger partial charge is 0.170 e. The molecule has 0 unspecified atom stereocenters. The van der Waals surface area contributed by atoms with Gasteiger partial charge in [0.1, 0.15) is 5.82 Å². The highest BCUT2D eigenvalue weighted by Gasteiger charge is 2.24. The van der Waals surface area contributed by atoms with E-state index >= 15 is 0 Å². The molecular weight excluding hydrogens is 243 g/mol. The summed E-state index contributed by atoms with van der Waals surface area (Å²) in [4.78, 5) is 2.45. The van der Waals surface area contributed by atoms with Crippen LogP contribution in [-0.4, -0.2) is 29.7 Å². The molecule has 0 aliphatic carbocycles. The van der Waals surface area contributed by atoms with Crippen molar-refractivity contribution in [3.63, 3.8) is 0 Å². The monoisotopic (exact) mass is 262 g/mol. The predicted octanol–water partition coefficient (Wildman–Crippen LogP) is 3.47. The minimum atomic E-state index is -0.226. The average Bonchev–Trinajstić information content (AvgIpc) is 2.82. The SMILES string of the molecule is CCN1CCC(c2noc3cc(F)c(C)cc23)CC1. The molecule has 1 fully saturated rings. The third kappa shape index (κ3) is 2.25. The lowest BCUT2D eigenvalue weighted by Crippen LogP contribution is -2.32. The topological polar surface area (TPSA) is 29.3 Å². The van der Waals surface area contributed by atoms with Crippen molar-refractivity contribution in [2.24, 2.45) is 0 Å². The van der Waals surface area contributed by atoms with Gasteiger partial charge in [0.05, 0.1) is 5.69 Å². The number of likely N-dealkylation sites (tertiary alicyclic amines) is 1. The lowest BCUT2D eigenvalue weighted by atomic mass is 9.91. The molecule has 3 rings (SSSR count). The van der Waals surface area contributed by atoms with Crippen LogP contribution in [0.5, 0.6) is 0 Å². The van der Waals surface area contributed by atoms with Crippen molar-refractivity contribution in [2.75, 3.05) is 19.6 Å². The van der Waals surface area contributed by atoms with Gasteiger partial charge >= 0.3 is 0 Å². The van der Waals surface area contributed by atoms with Crippen LogP contribution in [0.1, 0.15) is 36.9 Å². The van der Waals surface area contributed by atoms with Crippen LogP contribution in [0.2, 0.25) is 0 Å². The largest absolute Gasteiger partial charge is 0.356 e. The predicted molar refractivity (Wildman–Crippen MR) is 72.8 cm³/mol. The average molecular weight is 262 g/mol. The van der Waals surface area contributed by atoms with Crippen LogP contribution in [0, 0.1) is 12.7 Å². The first-order chi connectivity index (χ1) is 9.19. The molecule has 3 nitrogen and oxygen atoms in total. The highest BCUT2D eigenvalue weighted by molar-refractivity contribution is 5.80. The van der Waals surface area contributed by atoms with E-state index in [0.29, 0.717) is 17.1 Å². The van der Waals surface area contributed by atoms with Crippen molar-refractivity contribution < 1.29 is 8.91 Å². The molecule has 0 N–H and O–H groups in total. The first-order valence-electron chi connectivity index (χ1n) is 6.96. The third-order valence-corrected chi connectivity index (χ3v) is 4.20. The second-order valence-corrected chi connectivity index (χ2v) is 5.37. The number of benzene rings is 1. The Balaban J connectivity index is 1.91. The van der Waals surface area contributed by atoms with E-state index in [2.05, 4.69) is 17.0 Å². The van der Waals surface area contributed by atoms with E-state index in [4.69, 9.17) is 4.52 Å². The summed E-state index contributed by atoms with van der Waals surface area (Å²) in [6.07, 6.45) is 2.21. The molecule has 2 heterocycles. The summed E-state index contributed by atoms with van der Waals surface area (Å²) in [5.74, 6) is 0.213. The molecule has 1 aliphatic rings. The molecular formula is C15H19FN2O. The molecule has 1 aromatic carbocycles. The Kier molecular flexibility index (Phi) is 3.27. The van der Waals surface area contributed by atoms with E-state index in [-0.39, 0.29) is 5.82 Å². The van der Waals surface area contributed by atoms with Gasteiger partial charge in [0.2, 0.25) is 0 Å². The number of aryl methyl sites for hydroxylation is 1. The van der Waals surface area contributed by atoms with Crippen molar-refractivity contribution in [3.8, 4) is 0 Å². The van der Waals surface area contributed by atoms with E-state index in [1.807, 2.05) is 6.07 Å². The molecule has 1 aliphatic heterocycles.